The summed E-state index contributed by atoms with van der Waals surface area (Å²) in [6.45, 7) is -0.187. The number of nitro groups is 1. The van der Waals surface area contributed by atoms with Crippen molar-refractivity contribution in [1.82, 2.24) is 9.88 Å². The van der Waals surface area contributed by atoms with E-state index in [0.29, 0.717) is 17.0 Å². The smallest absolute Gasteiger partial charge is 0.305 e. The van der Waals surface area contributed by atoms with Gasteiger partial charge in [0.15, 0.2) is 0 Å². The second kappa shape index (κ2) is 8.01. The summed E-state index contributed by atoms with van der Waals surface area (Å²) in [7, 11) is 0. The summed E-state index contributed by atoms with van der Waals surface area (Å²) in [6, 6.07) is 11.0. The van der Waals surface area contributed by atoms with Crippen molar-refractivity contribution in [3.05, 3.63) is 63.2 Å². The molecule has 1 N–H and O–H groups in total. The monoisotopic (exact) mass is 399 g/mol. The summed E-state index contributed by atoms with van der Waals surface area (Å²) in [5.74, 6) is -1.65. The van der Waals surface area contributed by atoms with Crippen LogP contribution >= 0.6 is 11.8 Å². The van der Waals surface area contributed by atoms with Gasteiger partial charge in [-0.1, -0.05) is 6.07 Å². The van der Waals surface area contributed by atoms with Gasteiger partial charge in [-0.05, 0) is 42.1 Å². The van der Waals surface area contributed by atoms with Crippen LogP contribution in [0.15, 0.2) is 47.4 Å². The Bertz CT molecular complexity index is 1000. The number of hydrogen-bond donors (Lipinski definition) is 1. The molecule has 0 unspecified atom stereocenters. The summed E-state index contributed by atoms with van der Waals surface area (Å²) in [5, 5.41) is 18.9. The Morgan fingerprint density at radius 1 is 1.21 bits per heavy atom. The Hall–Kier alpha value is -3.53. The fraction of sp³-hybridized carbons (Fsp3) is 0.111. The van der Waals surface area contributed by atoms with E-state index in [-0.39, 0.29) is 23.6 Å². The van der Waals surface area contributed by atoms with Crippen LogP contribution in [0.2, 0.25) is 0 Å². The van der Waals surface area contributed by atoms with Crippen LogP contribution in [0.25, 0.3) is 17.3 Å². The Morgan fingerprint density at radius 3 is 2.57 bits per heavy atom. The number of carbonyl (C=O) groups excluding carboxylic acids is 2. The van der Waals surface area contributed by atoms with Gasteiger partial charge in [0.05, 0.1) is 27.6 Å². The number of benzene rings is 1. The summed E-state index contributed by atoms with van der Waals surface area (Å²) >= 11 is 0.726. The molecular formula is C18H13N3O6S. The highest BCUT2D eigenvalue weighted by atomic mass is 32.2. The number of imide groups is 1. The molecule has 28 heavy (non-hydrogen) atoms. The molecular weight excluding hydrogens is 386 g/mol. The van der Waals surface area contributed by atoms with Crippen molar-refractivity contribution in [2.45, 2.75) is 6.42 Å². The number of pyridine rings is 1. The highest BCUT2D eigenvalue weighted by molar-refractivity contribution is 8.18. The number of rotatable bonds is 6. The standard InChI is InChI=1S/C18H13N3O6S/c22-16(23)8-9-20-17(24)15(28-18(20)25)10-12-2-1-3-14(19-12)11-4-6-13(7-5-11)21(26)27/h1-7,10H,8-9H2,(H,22,23)/b15-10-. The number of thioether (sulfide) groups is 1. The summed E-state index contributed by atoms with van der Waals surface area (Å²) in [6.07, 6.45) is 1.14. The molecule has 2 aromatic rings. The summed E-state index contributed by atoms with van der Waals surface area (Å²) in [5.41, 5.74) is 1.61. The van der Waals surface area contributed by atoms with Gasteiger partial charge in [0.2, 0.25) is 0 Å². The van der Waals surface area contributed by atoms with Crippen LogP contribution in [0.4, 0.5) is 10.5 Å². The average Bonchev–Trinajstić information content (AvgIpc) is 2.93. The van der Waals surface area contributed by atoms with Gasteiger partial charge in [-0.3, -0.25) is 29.4 Å². The second-order valence-corrected chi connectivity index (χ2v) is 6.72. The zero-order chi connectivity index (χ0) is 20.3. The predicted octanol–water partition coefficient (Wildman–Crippen LogP) is 3.17. The number of amides is 2. The molecule has 1 aliphatic heterocycles. The van der Waals surface area contributed by atoms with E-state index in [2.05, 4.69) is 4.98 Å². The number of aliphatic carboxylic acids is 1. The first-order valence-corrected chi connectivity index (χ1v) is 8.86. The molecule has 0 radical (unpaired) electrons. The highest BCUT2D eigenvalue weighted by Gasteiger charge is 2.35. The van der Waals surface area contributed by atoms with Gasteiger partial charge in [-0.25, -0.2) is 4.98 Å². The van der Waals surface area contributed by atoms with Crippen LogP contribution < -0.4 is 0 Å². The number of aromatic nitrogens is 1. The molecule has 142 valence electrons. The molecule has 0 atom stereocenters. The minimum absolute atomic E-state index is 0.0325. The largest absolute Gasteiger partial charge is 0.481 e. The van der Waals surface area contributed by atoms with E-state index < -0.39 is 22.0 Å². The molecule has 0 aliphatic carbocycles. The second-order valence-electron chi connectivity index (χ2n) is 5.73. The third-order valence-electron chi connectivity index (χ3n) is 3.85. The fourth-order valence-corrected chi connectivity index (χ4v) is 3.33. The molecule has 2 heterocycles. The van der Waals surface area contributed by atoms with Crippen LogP contribution in [-0.4, -0.2) is 43.6 Å². The lowest BCUT2D eigenvalue weighted by molar-refractivity contribution is -0.384. The molecule has 1 saturated heterocycles. The Morgan fingerprint density at radius 2 is 1.93 bits per heavy atom. The van der Waals surface area contributed by atoms with E-state index in [0.717, 1.165) is 16.7 Å². The van der Waals surface area contributed by atoms with E-state index in [4.69, 9.17) is 5.11 Å². The molecule has 0 bridgehead atoms. The number of carboxylic acids is 1. The quantitative estimate of drug-likeness (QED) is 0.445. The van der Waals surface area contributed by atoms with E-state index >= 15 is 0 Å². The molecule has 1 aromatic carbocycles. The third kappa shape index (κ3) is 4.23. The number of carboxylic acid groups (broad SMARTS) is 1. The molecule has 2 amide bonds. The Labute approximate surface area is 162 Å². The number of non-ortho nitro benzene ring substituents is 1. The van der Waals surface area contributed by atoms with Gasteiger partial charge in [0.25, 0.3) is 16.8 Å². The molecule has 10 heteroatoms. The maximum Gasteiger partial charge on any atom is 0.305 e. The SMILES string of the molecule is O=C(O)CCN1C(=O)S/C(=C\c2cccc(-c3ccc([N+](=O)[O-])cc3)n2)C1=O. The van der Waals surface area contributed by atoms with Gasteiger partial charge in [0.1, 0.15) is 0 Å². The lowest BCUT2D eigenvalue weighted by atomic mass is 10.1. The van der Waals surface area contributed by atoms with Crippen LogP contribution in [-0.2, 0) is 9.59 Å². The van der Waals surface area contributed by atoms with E-state index in [9.17, 15) is 24.5 Å². The third-order valence-corrected chi connectivity index (χ3v) is 4.75. The maximum absolute atomic E-state index is 12.3. The molecule has 1 aliphatic rings. The first-order valence-electron chi connectivity index (χ1n) is 8.04. The fourth-order valence-electron chi connectivity index (χ4n) is 2.48. The van der Waals surface area contributed by atoms with Crippen LogP contribution in [0.5, 0.6) is 0 Å². The average molecular weight is 399 g/mol. The van der Waals surface area contributed by atoms with Gasteiger partial charge < -0.3 is 5.11 Å². The van der Waals surface area contributed by atoms with Crippen LogP contribution in [0.1, 0.15) is 12.1 Å². The molecule has 3 rings (SSSR count). The highest BCUT2D eigenvalue weighted by Crippen LogP contribution is 2.32. The zero-order valence-corrected chi connectivity index (χ0v) is 15.1. The predicted molar refractivity (Wildman–Crippen MR) is 101 cm³/mol. The molecule has 0 saturated carbocycles. The number of hydrogen-bond acceptors (Lipinski definition) is 7. The number of carbonyl (C=O) groups is 3. The van der Waals surface area contributed by atoms with Crippen molar-refractivity contribution in [3.8, 4) is 11.3 Å². The van der Waals surface area contributed by atoms with Gasteiger partial charge in [-0.15, -0.1) is 0 Å². The topological polar surface area (TPSA) is 131 Å². The normalized spacial score (nSPS) is 15.3. The lowest BCUT2D eigenvalue weighted by Gasteiger charge is -2.09. The summed E-state index contributed by atoms with van der Waals surface area (Å²) in [4.78, 5) is 50.6. The Kier molecular flexibility index (Phi) is 5.50. The van der Waals surface area contributed by atoms with Crippen LogP contribution in [0, 0.1) is 10.1 Å². The van der Waals surface area contributed by atoms with E-state index in [1.54, 1.807) is 30.3 Å². The van der Waals surface area contributed by atoms with Gasteiger partial charge >= 0.3 is 5.97 Å². The van der Waals surface area contributed by atoms with Crippen molar-refractivity contribution in [2.75, 3.05) is 6.54 Å². The minimum atomic E-state index is -1.10. The maximum atomic E-state index is 12.3. The molecule has 1 fully saturated rings. The van der Waals surface area contributed by atoms with Crippen molar-refractivity contribution in [2.24, 2.45) is 0 Å². The van der Waals surface area contributed by atoms with Crippen molar-refractivity contribution < 1.29 is 24.4 Å². The number of nitro benzene ring substituents is 1. The minimum Gasteiger partial charge on any atom is -0.481 e. The first kappa shape index (κ1) is 19.2. The van der Waals surface area contributed by atoms with Crippen LogP contribution in [0.3, 0.4) is 0 Å². The van der Waals surface area contributed by atoms with Gasteiger partial charge in [-0.2, -0.15) is 0 Å². The molecule has 9 nitrogen and oxygen atoms in total. The molecule has 0 spiro atoms. The Balaban J connectivity index is 1.82. The number of nitrogens with zero attached hydrogens (tertiary/aromatic N) is 3. The van der Waals surface area contributed by atoms with E-state index in [1.807, 2.05) is 0 Å². The van der Waals surface area contributed by atoms with Crippen molar-refractivity contribution in [1.29, 1.82) is 0 Å². The lowest BCUT2D eigenvalue weighted by Crippen LogP contribution is -2.30. The summed E-state index contributed by atoms with van der Waals surface area (Å²) < 4.78 is 0. The van der Waals surface area contributed by atoms with Gasteiger partial charge in [0, 0.05) is 24.2 Å². The zero-order valence-electron chi connectivity index (χ0n) is 14.3. The first-order chi connectivity index (χ1) is 13.3. The molecule has 1 aromatic heterocycles. The van der Waals surface area contributed by atoms with Crippen molar-refractivity contribution in [3.63, 3.8) is 0 Å². The van der Waals surface area contributed by atoms with E-state index in [1.165, 1.54) is 18.2 Å². The van der Waals surface area contributed by atoms with Crippen molar-refractivity contribution >= 4 is 40.6 Å².